The van der Waals surface area contributed by atoms with Gasteiger partial charge in [-0.05, 0) is 6.07 Å². The van der Waals surface area contributed by atoms with Gasteiger partial charge < -0.3 is 13.9 Å². The fourth-order valence-electron chi connectivity index (χ4n) is 0.951. The highest BCUT2D eigenvalue weighted by molar-refractivity contribution is 5.54. The maximum absolute atomic E-state index is 8.71. The molecule has 1 N–H and O–H groups in total. The van der Waals surface area contributed by atoms with Crippen LogP contribution in [0.5, 0.6) is 0 Å². The highest BCUT2D eigenvalue weighted by Gasteiger charge is 2.05. The van der Waals surface area contributed by atoms with Crippen molar-refractivity contribution in [3.05, 3.63) is 30.7 Å². The molecule has 4 nitrogen and oxygen atoms in total. The lowest BCUT2D eigenvalue weighted by Crippen LogP contribution is -1.73. The third kappa shape index (κ3) is 1.12. The third-order valence-corrected chi connectivity index (χ3v) is 1.53. The van der Waals surface area contributed by atoms with E-state index in [9.17, 15) is 0 Å². The van der Waals surface area contributed by atoms with Crippen LogP contribution in [0.15, 0.2) is 33.8 Å². The number of hydrogen-bond acceptors (Lipinski definition) is 4. The molecule has 2 heterocycles. The maximum Gasteiger partial charge on any atom is 0.181 e. The zero-order valence-corrected chi connectivity index (χ0v) is 6.23. The standard InChI is InChI=1S/C8H7NO3/c10-3-7-1-6(4-11-7)8-2-9-5-12-8/h1-2,4-5,10H,3H2. The summed E-state index contributed by atoms with van der Waals surface area (Å²) in [5.41, 5.74) is 0.788. The summed E-state index contributed by atoms with van der Waals surface area (Å²) in [7, 11) is 0. The van der Waals surface area contributed by atoms with Crippen molar-refractivity contribution in [2.45, 2.75) is 6.61 Å². The van der Waals surface area contributed by atoms with E-state index in [-0.39, 0.29) is 6.61 Å². The first-order valence-electron chi connectivity index (χ1n) is 3.47. The Morgan fingerprint density at radius 3 is 2.92 bits per heavy atom. The molecule has 12 heavy (non-hydrogen) atoms. The molecule has 0 spiro atoms. The topological polar surface area (TPSA) is 59.4 Å². The SMILES string of the molecule is OCc1cc(-c2cnco2)co1. The second-order valence-corrected chi connectivity index (χ2v) is 2.33. The van der Waals surface area contributed by atoms with Crippen LogP contribution in [0.2, 0.25) is 0 Å². The van der Waals surface area contributed by atoms with Gasteiger partial charge in [-0.2, -0.15) is 0 Å². The summed E-state index contributed by atoms with van der Waals surface area (Å²) in [6.07, 6.45) is 4.46. The fourth-order valence-corrected chi connectivity index (χ4v) is 0.951. The molecule has 0 aliphatic carbocycles. The first-order chi connectivity index (χ1) is 5.90. The van der Waals surface area contributed by atoms with Crippen LogP contribution in [-0.4, -0.2) is 10.1 Å². The number of aliphatic hydroxyl groups is 1. The Bertz CT molecular complexity index is 350. The molecule has 0 bridgehead atoms. The fraction of sp³-hybridized carbons (Fsp3) is 0.125. The Morgan fingerprint density at radius 2 is 2.33 bits per heavy atom. The van der Waals surface area contributed by atoms with Crippen LogP contribution >= 0.6 is 0 Å². The minimum absolute atomic E-state index is 0.103. The van der Waals surface area contributed by atoms with Crippen molar-refractivity contribution < 1.29 is 13.9 Å². The van der Waals surface area contributed by atoms with Crippen LogP contribution in [0.25, 0.3) is 11.3 Å². The molecule has 0 radical (unpaired) electrons. The Kier molecular flexibility index (Phi) is 1.68. The number of aromatic nitrogens is 1. The molecular weight excluding hydrogens is 158 g/mol. The molecule has 0 saturated carbocycles. The van der Waals surface area contributed by atoms with Gasteiger partial charge in [0.05, 0.1) is 11.8 Å². The second-order valence-electron chi connectivity index (χ2n) is 2.33. The molecule has 0 unspecified atom stereocenters. The summed E-state index contributed by atoms with van der Waals surface area (Å²) in [6.45, 7) is -0.103. The zero-order chi connectivity index (χ0) is 8.39. The Hall–Kier alpha value is -1.55. The van der Waals surface area contributed by atoms with E-state index in [2.05, 4.69) is 4.98 Å². The van der Waals surface area contributed by atoms with E-state index in [1.165, 1.54) is 12.7 Å². The van der Waals surface area contributed by atoms with Crippen LogP contribution in [-0.2, 0) is 6.61 Å². The van der Waals surface area contributed by atoms with E-state index in [1.807, 2.05) is 0 Å². The highest BCUT2D eigenvalue weighted by Crippen LogP contribution is 2.20. The van der Waals surface area contributed by atoms with E-state index in [0.717, 1.165) is 5.56 Å². The number of furan rings is 1. The maximum atomic E-state index is 8.71. The number of oxazole rings is 1. The molecule has 0 amide bonds. The molecule has 0 fully saturated rings. The van der Waals surface area contributed by atoms with Crippen molar-refractivity contribution >= 4 is 0 Å². The molecule has 4 heteroatoms. The van der Waals surface area contributed by atoms with Gasteiger partial charge in [0.2, 0.25) is 0 Å². The predicted octanol–water partition coefficient (Wildman–Crippen LogP) is 1.43. The highest BCUT2D eigenvalue weighted by atomic mass is 16.4. The summed E-state index contributed by atoms with van der Waals surface area (Å²) in [5, 5.41) is 8.71. The van der Waals surface area contributed by atoms with Gasteiger partial charge in [-0.3, -0.25) is 0 Å². The lowest BCUT2D eigenvalue weighted by Gasteiger charge is -1.83. The van der Waals surface area contributed by atoms with Crippen molar-refractivity contribution in [3.8, 4) is 11.3 Å². The molecular formula is C8H7NO3. The van der Waals surface area contributed by atoms with Gasteiger partial charge >= 0.3 is 0 Å². The van der Waals surface area contributed by atoms with Gasteiger partial charge in [-0.25, -0.2) is 4.98 Å². The third-order valence-electron chi connectivity index (χ3n) is 1.53. The Morgan fingerprint density at radius 1 is 1.42 bits per heavy atom. The summed E-state index contributed by atoms with van der Waals surface area (Å²) >= 11 is 0. The number of aliphatic hydroxyl groups excluding tert-OH is 1. The van der Waals surface area contributed by atoms with Gasteiger partial charge in [0, 0.05) is 0 Å². The molecule has 2 rings (SSSR count). The molecule has 2 aromatic heterocycles. The van der Waals surface area contributed by atoms with E-state index >= 15 is 0 Å². The quantitative estimate of drug-likeness (QED) is 0.731. The van der Waals surface area contributed by atoms with Crippen LogP contribution in [0.1, 0.15) is 5.76 Å². The van der Waals surface area contributed by atoms with Crippen LogP contribution in [0, 0.1) is 0 Å². The summed E-state index contributed by atoms with van der Waals surface area (Å²) < 4.78 is 10.0. The monoisotopic (exact) mass is 165 g/mol. The van der Waals surface area contributed by atoms with Crippen molar-refractivity contribution in [1.82, 2.24) is 4.98 Å². The first-order valence-corrected chi connectivity index (χ1v) is 3.47. The molecule has 0 aromatic carbocycles. The van der Waals surface area contributed by atoms with E-state index in [4.69, 9.17) is 13.9 Å². The Balaban J connectivity index is 2.35. The van der Waals surface area contributed by atoms with Crippen LogP contribution in [0.3, 0.4) is 0 Å². The number of rotatable bonds is 2. The smallest absolute Gasteiger partial charge is 0.181 e. The minimum Gasteiger partial charge on any atom is -0.466 e. The van der Waals surface area contributed by atoms with Crippen molar-refractivity contribution in [3.63, 3.8) is 0 Å². The molecule has 0 aliphatic rings. The van der Waals surface area contributed by atoms with Crippen LogP contribution < -0.4 is 0 Å². The van der Waals surface area contributed by atoms with Crippen molar-refractivity contribution in [2.24, 2.45) is 0 Å². The van der Waals surface area contributed by atoms with Crippen molar-refractivity contribution in [1.29, 1.82) is 0 Å². The van der Waals surface area contributed by atoms with Gasteiger partial charge in [-0.15, -0.1) is 0 Å². The summed E-state index contributed by atoms with van der Waals surface area (Å²) in [4.78, 5) is 3.76. The zero-order valence-electron chi connectivity index (χ0n) is 6.23. The predicted molar refractivity (Wildman–Crippen MR) is 40.1 cm³/mol. The van der Waals surface area contributed by atoms with Gasteiger partial charge in [0.15, 0.2) is 12.2 Å². The lowest BCUT2D eigenvalue weighted by molar-refractivity contribution is 0.247. The molecule has 0 atom stereocenters. The Labute approximate surface area is 68.5 Å². The van der Waals surface area contributed by atoms with Gasteiger partial charge in [0.25, 0.3) is 0 Å². The number of hydrogen-bond donors (Lipinski definition) is 1. The first kappa shape index (κ1) is 7.12. The molecule has 2 aromatic rings. The lowest BCUT2D eigenvalue weighted by atomic mass is 10.2. The van der Waals surface area contributed by atoms with Crippen molar-refractivity contribution in [2.75, 3.05) is 0 Å². The van der Waals surface area contributed by atoms with Gasteiger partial charge in [-0.1, -0.05) is 0 Å². The minimum atomic E-state index is -0.103. The molecule has 0 aliphatic heterocycles. The van der Waals surface area contributed by atoms with E-state index in [0.29, 0.717) is 11.5 Å². The average molecular weight is 165 g/mol. The summed E-state index contributed by atoms with van der Waals surface area (Å²) in [6, 6.07) is 1.71. The second kappa shape index (κ2) is 2.83. The average Bonchev–Trinajstić information content (AvgIpc) is 2.75. The number of nitrogens with zero attached hydrogens (tertiary/aromatic N) is 1. The van der Waals surface area contributed by atoms with E-state index < -0.39 is 0 Å². The molecule has 62 valence electrons. The van der Waals surface area contributed by atoms with E-state index in [1.54, 1.807) is 12.3 Å². The largest absolute Gasteiger partial charge is 0.466 e. The summed E-state index contributed by atoms with van der Waals surface area (Å²) in [5.74, 6) is 1.15. The normalized spacial score (nSPS) is 10.4. The van der Waals surface area contributed by atoms with Crippen LogP contribution in [0.4, 0.5) is 0 Å². The van der Waals surface area contributed by atoms with Gasteiger partial charge in [0.1, 0.15) is 18.6 Å². The molecule has 0 saturated heterocycles.